The molecule has 2 nitrogen and oxygen atoms in total. The van der Waals surface area contributed by atoms with Crippen molar-refractivity contribution in [2.24, 2.45) is 0 Å². The van der Waals surface area contributed by atoms with E-state index in [-0.39, 0.29) is 0 Å². The van der Waals surface area contributed by atoms with Gasteiger partial charge in [0.1, 0.15) is 0 Å². The van der Waals surface area contributed by atoms with Crippen LogP contribution in [0.25, 0.3) is 108 Å². The molecule has 3 heteroatoms. The van der Waals surface area contributed by atoms with Gasteiger partial charge < -0.3 is 9.13 Å². The summed E-state index contributed by atoms with van der Waals surface area (Å²) >= 11 is 1.90. The van der Waals surface area contributed by atoms with Crippen LogP contribution >= 0.6 is 11.3 Å². The Morgan fingerprint density at radius 3 is 1.78 bits per heavy atom. The number of benzene rings is 9. The number of fused-ring (bicyclic) bond motifs is 11. The van der Waals surface area contributed by atoms with Crippen molar-refractivity contribution in [3.63, 3.8) is 0 Å². The van der Waals surface area contributed by atoms with Gasteiger partial charge in [0.15, 0.2) is 0 Å². The largest absolute Gasteiger partial charge is 0.309 e. The van der Waals surface area contributed by atoms with E-state index in [4.69, 9.17) is 0 Å². The Kier molecular flexibility index (Phi) is 6.54. The van der Waals surface area contributed by atoms with E-state index >= 15 is 0 Å². The third kappa shape index (κ3) is 4.60. The molecule has 3 aromatic heterocycles. The first-order chi connectivity index (χ1) is 27.3. The zero-order valence-corrected chi connectivity index (χ0v) is 30.6. The Morgan fingerprint density at radius 2 is 0.927 bits per heavy atom. The van der Waals surface area contributed by atoms with Gasteiger partial charge >= 0.3 is 0 Å². The molecule has 0 saturated heterocycles. The molecule has 3 heterocycles. The summed E-state index contributed by atoms with van der Waals surface area (Å²) in [5.41, 5.74) is 12.1. The molecular weight excluding hydrogens is 685 g/mol. The zero-order chi connectivity index (χ0) is 36.0. The maximum atomic E-state index is 2.50. The van der Waals surface area contributed by atoms with Crippen LogP contribution in [0.2, 0.25) is 0 Å². The summed E-state index contributed by atoms with van der Waals surface area (Å²) in [4.78, 5) is 0. The maximum Gasteiger partial charge on any atom is 0.0719 e. The number of thiophene rings is 1. The number of aromatic nitrogens is 2. The van der Waals surface area contributed by atoms with Crippen molar-refractivity contribution in [3.05, 3.63) is 194 Å². The summed E-state index contributed by atoms with van der Waals surface area (Å²) in [6, 6.07) is 71.4. The van der Waals surface area contributed by atoms with Crippen LogP contribution in [0.15, 0.2) is 194 Å². The minimum Gasteiger partial charge on any atom is -0.309 e. The van der Waals surface area contributed by atoms with E-state index in [0.29, 0.717) is 0 Å². The molecule has 12 aromatic rings. The van der Waals surface area contributed by atoms with Crippen LogP contribution in [0.3, 0.4) is 0 Å². The molecule has 12 rings (SSSR count). The van der Waals surface area contributed by atoms with E-state index in [0.717, 1.165) is 0 Å². The van der Waals surface area contributed by atoms with Gasteiger partial charge in [-0.15, -0.1) is 11.3 Å². The summed E-state index contributed by atoms with van der Waals surface area (Å²) in [7, 11) is 0. The van der Waals surface area contributed by atoms with Gasteiger partial charge in [0.2, 0.25) is 0 Å². The molecule has 55 heavy (non-hydrogen) atoms. The molecule has 0 unspecified atom stereocenters. The number of rotatable bonds is 4. The average molecular weight is 717 g/mol. The fourth-order valence-electron chi connectivity index (χ4n) is 8.93. The minimum absolute atomic E-state index is 1.17. The number of hydrogen-bond donors (Lipinski definition) is 0. The van der Waals surface area contributed by atoms with Crippen LogP contribution in [0, 0.1) is 0 Å². The normalized spacial score (nSPS) is 12.0. The molecular formula is C52H32N2S. The van der Waals surface area contributed by atoms with Crippen LogP contribution in [-0.4, -0.2) is 9.13 Å². The van der Waals surface area contributed by atoms with Crippen molar-refractivity contribution in [1.29, 1.82) is 0 Å². The van der Waals surface area contributed by atoms with Crippen LogP contribution in [-0.2, 0) is 0 Å². The van der Waals surface area contributed by atoms with Crippen molar-refractivity contribution in [2.75, 3.05) is 0 Å². The lowest BCUT2D eigenvalue weighted by Gasteiger charge is -2.11. The fraction of sp³-hybridized carbons (Fsp3) is 0. The van der Waals surface area contributed by atoms with Gasteiger partial charge in [-0.3, -0.25) is 0 Å². The monoisotopic (exact) mass is 716 g/mol. The van der Waals surface area contributed by atoms with E-state index in [1.54, 1.807) is 0 Å². The summed E-state index contributed by atoms with van der Waals surface area (Å²) in [5, 5.41) is 10.2. The van der Waals surface area contributed by atoms with E-state index in [9.17, 15) is 0 Å². The number of nitrogens with zero attached hydrogens (tertiary/aromatic N) is 2. The number of para-hydroxylation sites is 1. The van der Waals surface area contributed by atoms with Crippen LogP contribution in [0.1, 0.15) is 0 Å². The first-order valence-corrected chi connectivity index (χ1v) is 19.7. The molecule has 0 aliphatic rings. The second-order valence-corrected chi connectivity index (χ2v) is 15.6. The first-order valence-electron chi connectivity index (χ1n) is 18.8. The van der Waals surface area contributed by atoms with Crippen LogP contribution in [0.4, 0.5) is 0 Å². The molecule has 0 amide bonds. The standard InChI is InChI=1S/C52H32N2S/c1-2-11-33(12-3-1)36-15-10-16-39(29-36)54-49-28-23-38(32-46(49)43-25-26-44-42-18-7-9-20-50(42)55-52(44)51(43)54)37-22-27-48-45(31-37)41-17-6-8-19-47(41)53(48)40-24-21-34-13-4-5-14-35(34)30-40/h1-32H. The van der Waals surface area contributed by atoms with Gasteiger partial charge in [-0.2, -0.15) is 0 Å². The molecule has 256 valence electrons. The molecule has 0 bridgehead atoms. The quantitative estimate of drug-likeness (QED) is 0.172. The van der Waals surface area contributed by atoms with Crippen molar-refractivity contribution in [3.8, 4) is 33.6 Å². The van der Waals surface area contributed by atoms with E-state index in [1.165, 1.54) is 108 Å². The molecule has 0 N–H and O–H groups in total. The molecule has 0 aliphatic heterocycles. The maximum absolute atomic E-state index is 2.50. The second kappa shape index (κ2) is 11.8. The lowest BCUT2D eigenvalue weighted by Crippen LogP contribution is -1.94. The number of hydrogen-bond acceptors (Lipinski definition) is 1. The zero-order valence-electron chi connectivity index (χ0n) is 29.8. The average Bonchev–Trinajstić information content (AvgIpc) is 3.91. The van der Waals surface area contributed by atoms with E-state index in [2.05, 4.69) is 203 Å². The summed E-state index contributed by atoms with van der Waals surface area (Å²) < 4.78 is 7.55. The van der Waals surface area contributed by atoms with Gasteiger partial charge in [-0.1, -0.05) is 133 Å². The van der Waals surface area contributed by atoms with Crippen molar-refractivity contribution in [1.82, 2.24) is 9.13 Å². The van der Waals surface area contributed by atoms with Crippen LogP contribution < -0.4 is 0 Å². The highest BCUT2D eigenvalue weighted by molar-refractivity contribution is 7.26. The van der Waals surface area contributed by atoms with E-state index < -0.39 is 0 Å². The van der Waals surface area contributed by atoms with Crippen LogP contribution in [0.5, 0.6) is 0 Å². The molecule has 9 aromatic carbocycles. The van der Waals surface area contributed by atoms with Crippen molar-refractivity contribution >= 4 is 85.9 Å². The van der Waals surface area contributed by atoms with Crippen molar-refractivity contribution < 1.29 is 0 Å². The smallest absolute Gasteiger partial charge is 0.0719 e. The molecule has 0 saturated carbocycles. The van der Waals surface area contributed by atoms with Gasteiger partial charge in [0, 0.05) is 48.4 Å². The topological polar surface area (TPSA) is 9.86 Å². The summed E-state index contributed by atoms with van der Waals surface area (Å²) in [6.07, 6.45) is 0. The Bertz CT molecular complexity index is 3490. The van der Waals surface area contributed by atoms with Gasteiger partial charge in [-0.25, -0.2) is 0 Å². The molecule has 0 fully saturated rings. The van der Waals surface area contributed by atoms with E-state index in [1.807, 2.05) is 11.3 Å². The predicted octanol–water partition coefficient (Wildman–Crippen LogP) is 14.7. The summed E-state index contributed by atoms with van der Waals surface area (Å²) in [6.45, 7) is 0. The highest BCUT2D eigenvalue weighted by Crippen LogP contribution is 2.44. The Morgan fingerprint density at radius 1 is 0.309 bits per heavy atom. The Labute approximate surface area is 321 Å². The first kappa shape index (κ1) is 30.5. The lowest BCUT2D eigenvalue weighted by molar-refractivity contribution is 1.19. The van der Waals surface area contributed by atoms with Gasteiger partial charge in [0.05, 0.1) is 26.8 Å². The third-order valence-corrected chi connectivity index (χ3v) is 12.7. The van der Waals surface area contributed by atoms with Gasteiger partial charge in [-0.05, 0) is 93.7 Å². The second-order valence-electron chi connectivity index (χ2n) is 14.5. The summed E-state index contributed by atoms with van der Waals surface area (Å²) in [5.74, 6) is 0. The van der Waals surface area contributed by atoms with Crippen molar-refractivity contribution in [2.45, 2.75) is 0 Å². The third-order valence-electron chi connectivity index (χ3n) is 11.5. The Balaban J connectivity index is 1.09. The SMILES string of the molecule is c1ccc(-c2cccc(-n3c4ccc(-c5ccc6c(c5)c5ccccc5n6-c5ccc6ccccc6c5)cc4c4ccc5c6ccccc6sc5c43)c2)cc1. The predicted molar refractivity (Wildman–Crippen MR) is 236 cm³/mol. The molecule has 0 spiro atoms. The lowest BCUT2D eigenvalue weighted by atomic mass is 10.0. The molecule has 0 radical (unpaired) electrons. The minimum atomic E-state index is 1.17. The Hall–Kier alpha value is -6.94. The molecule has 0 atom stereocenters. The van der Waals surface area contributed by atoms with Gasteiger partial charge in [0.25, 0.3) is 0 Å². The highest BCUT2D eigenvalue weighted by atomic mass is 32.1. The molecule has 0 aliphatic carbocycles. The fourth-order valence-corrected chi connectivity index (χ4v) is 10.2. The highest BCUT2D eigenvalue weighted by Gasteiger charge is 2.20.